The number of rotatable bonds is 5. The second kappa shape index (κ2) is 5.41. The molecule has 1 aromatic rings. The average molecular weight is 268 g/mol. The van der Waals surface area contributed by atoms with Gasteiger partial charge in [0.05, 0.1) is 11.9 Å². The van der Waals surface area contributed by atoms with Crippen LogP contribution in [0.25, 0.3) is 0 Å². The Hall–Kier alpha value is -0.870. The van der Waals surface area contributed by atoms with Crippen LogP contribution >= 0.6 is 0 Å². The first-order valence-electron chi connectivity index (χ1n) is 6.50. The van der Waals surface area contributed by atoms with E-state index < -0.39 is 15.9 Å². The van der Waals surface area contributed by atoms with Gasteiger partial charge < -0.3 is 5.11 Å². The molecule has 1 aliphatic rings. The molecule has 0 fully saturated rings. The van der Waals surface area contributed by atoms with Crippen molar-refractivity contribution in [1.82, 2.24) is 0 Å². The summed E-state index contributed by atoms with van der Waals surface area (Å²) in [6, 6.07) is 7.92. The fourth-order valence-corrected chi connectivity index (χ4v) is 3.52. The van der Waals surface area contributed by atoms with E-state index in [1.54, 1.807) is 6.92 Å². The van der Waals surface area contributed by atoms with Gasteiger partial charge in [0.25, 0.3) is 0 Å². The van der Waals surface area contributed by atoms with Gasteiger partial charge in [-0.25, -0.2) is 8.42 Å². The van der Waals surface area contributed by atoms with E-state index in [-0.39, 0.29) is 17.4 Å². The molecule has 0 saturated heterocycles. The molecule has 0 aromatic heterocycles. The molecule has 2 rings (SSSR count). The van der Waals surface area contributed by atoms with Crippen molar-refractivity contribution in [3.05, 3.63) is 35.4 Å². The third-order valence-electron chi connectivity index (χ3n) is 3.77. The highest BCUT2D eigenvalue weighted by atomic mass is 32.2. The highest BCUT2D eigenvalue weighted by Crippen LogP contribution is 2.38. The van der Waals surface area contributed by atoms with E-state index in [0.717, 1.165) is 18.4 Å². The first kappa shape index (κ1) is 13.6. The normalized spacial score (nSPS) is 23.0. The molecular weight excluding hydrogens is 248 g/mol. The topological polar surface area (TPSA) is 54.4 Å². The summed E-state index contributed by atoms with van der Waals surface area (Å²) < 4.78 is 22.8. The van der Waals surface area contributed by atoms with Gasteiger partial charge in [-0.2, -0.15) is 0 Å². The van der Waals surface area contributed by atoms with Crippen LogP contribution in [-0.4, -0.2) is 25.0 Å². The quantitative estimate of drug-likeness (QED) is 0.890. The Labute approximate surface area is 109 Å². The largest absolute Gasteiger partial charge is 0.388 e. The van der Waals surface area contributed by atoms with Crippen LogP contribution in [-0.2, 0) is 16.3 Å². The molecule has 1 N–H and O–H groups in total. The van der Waals surface area contributed by atoms with Gasteiger partial charge in [0.1, 0.15) is 9.84 Å². The Morgan fingerprint density at radius 2 is 2.06 bits per heavy atom. The summed E-state index contributed by atoms with van der Waals surface area (Å²) in [7, 11) is -2.88. The van der Waals surface area contributed by atoms with Gasteiger partial charge in [-0.15, -0.1) is 0 Å². The van der Waals surface area contributed by atoms with Gasteiger partial charge in [-0.3, -0.25) is 0 Å². The number of sulfone groups is 1. The predicted octanol–water partition coefficient (Wildman–Crippen LogP) is 2.11. The zero-order chi connectivity index (χ0) is 13.2. The molecule has 1 aromatic carbocycles. The Kier molecular flexibility index (Phi) is 4.07. The Morgan fingerprint density at radius 1 is 1.33 bits per heavy atom. The molecule has 3 nitrogen and oxygen atoms in total. The van der Waals surface area contributed by atoms with Crippen molar-refractivity contribution < 1.29 is 13.5 Å². The summed E-state index contributed by atoms with van der Waals surface area (Å²) in [5, 5.41) is 10.2. The molecule has 100 valence electrons. The maximum absolute atomic E-state index is 11.4. The fraction of sp³-hybridized carbons (Fsp3) is 0.571. The molecule has 2 unspecified atom stereocenters. The van der Waals surface area contributed by atoms with E-state index >= 15 is 0 Å². The fourth-order valence-electron chi connectivity index (χ4n) is 2.63. The van der Waals surface area contributed by atoms with Crippen LogP contribution in [0.1, 0.15) is 37.0 Å². The molecular formula is C14H20O3S. The summed E-state index contributed by atoms with van der Waals surface area (Å²) in [5.41, 5.74) is 2.22. The summed E-state index contributed by atoms with van der Waals surface area (Å²) in [6.45, 7) is 1.68. The van der Waals surface area contributed by atoms with Crippen LogP contribution in [0.5, 0.6) is 0 Å². The summed E-state index contributed by atoms with van der Waals surface area (Å²) in [5.74, 6) is 0.623. The van der Waals surface area contributed by atoms with Crippen molar-refractivity contribution in [3.8, 4) is 0 Å². The van der Waals surface area contributed by atoms with Gasteiger partial charge in [0.2, 0.25) is 0 Å². The third kappa shape index (κ3) is 2.93. The van der Waals surface area contributed by atoms with E-state index in [1.165, 1.54) is 5.56 Å². The van der Waals surface area contributed by atoms with Gasteiger partial charge in [-0.05, 0) is 36.3 Å². The van der Waals surface area contributed by atoms with Gasteiger partial charge in [-0.1, -0.05) is 31.2 Å². The van der Waals surface area contributed by atoms with Crippen LogP contribution in [0.15, 0.2) is 24.3 Å². The Balaban J connectivity index is 1.91. The SMILES string of the molecule is CCS(=O)(=O)CCCC1Cc2ccccc2C1O. The third-order valence-corrected chi connectivity index (χ3v) is 5.56. The molecule has 0 heterocycles. The second-order valence-electron chi connectivity index (χ2n) is 4.99. The van der Waals surface area contributed by atoms with Gasteiger partial charge in [0, 0.05) is 5.75 Å². The monoisotopic (exact) mass is 268 g/mol. The van der Waals surface area contributed by atoms with E-state index in [4.69, 9.17) is 0 Å². The smallest absolute Gasteiger partial charge is 0.150 e. The lowest BCUT2D eigenvalue weighted by Gasteiger charge is -2.14. The van der Waals surface area contributed by atoms with Crippen molar-refractivity contribution in [2.75, 3.05) is 11.5 Å². The maximum atomic E-state index is 11.4. The maximum Gasteiger partial charge on any atom is 0.150 e. The van der Waals surface area contributed by atoms with Crippen LogP contribution in [0.4, 0.5) is 0 Å². The minimum Gasteiger partial charge on any atom is -0.388 e. The molecule has 0 saturated carbocycles. The number of aliphatic hydroxyl groups excluding tert-OH is 1. The first-order chi connectivity index (χ1) is 8.53. The standard InChI is InChI=1S/C14H20O3S/c1-2-18(16,17)9-5-7-12-10-11-6-3-4-8-13(11)14(12)15/h3-4,6,8,12,14-15H,2,5,7,9-10H2,1H3. The Morgan fingerprint density at radius 3 is 2.72 bits per heavy atom. The number of benzene rings is 1. The van der Waals surface area contributed by atoms with Crippen molar-refractivity contribution in [1.29, 1.82) is 0 Å². The summed E-state index contributed by atoms with van der Waals surface area (Å²) in [4.78, 5) is 0. The molecule has 2 atom stereocenters. The summed E-state index contributed by atoms with van der Waals surface area (Å²) in [6.07, 6.45) is 1.86. The zero-order valence-corrected chi connectivity index (χ0v) is 11.5. The van der Waals surface area contributed by atoms with Crippen LogP contribution in [0, 0.1) is 5.92 Å². The highest BCUT2D eigenvalue weighted by molar-refractivity contribution is 7.91. The van der Waals surface area contributed by atoms with Crippen molar-refractivity contribution in [3.63, 3.8) is 0 Å². The first-order valence-corrected chi connectivity index (χ1v) is 8.32. The molecule has 18 heavy (non-hydrogen) atoms. The van der Waals surface area contributed by atoms with Crippen LogP contribution < -0.4 is 0 Å². The molecule has 0 aliphatic heterocycles. The average Bonchev–Trinajstić information content (AvgIpc) is 2.67. The number of hydrogen-bond acceptors (Lipinski definition) is 3. The van der Waals surface area contributed by atoms with Crippen LogP contribution in [0.3, 0.4) is 0 Å². The van der Waals surface area contributed by atoms with Crippen LogP contribution in [0.2, 0.25) is 0 Å². The Bertz CT molecular complexity index is 508. The van der Waals surface area contributed by atoms with Gasteiger partial charge in [0.15, 0.2) is 0 Å². The molecule has 0 radical (unpaired) electrons. The number of hydrogen-bond donors (Lipinski definition) is 1. The molecule has 0 amide bonds. The van der Waals surface area contributed by atoms with E-state index in [2.05, 4.69) is 0 Å². The van der Waals surface area contributed by atoms with E-state index in [1.807, 2.05) is 24.3 Å². The number of fused-ring (bicyclic) bond motifs is 1. The van der Waals surface area contributed by atoms with Gasteiger partial charge >= 0.3 is 0 Å². The molecule has 0 bridgehead atoms. The number of aliphatic hydroxyl groups is 1. The highest BCUT2D eigenvalue weighted by Gasteiger charge is 2.30. The lowest BCUT2D eigenvalue weighted by Crippen LogP contribution is -2.12. The minimum absolute atomic E-state index is 0.175. The molecule has 0 spiro atoms. The molecule has 1 aliphatic carbocycles. The minimum atomic E-state index is -2.88. The lowest BCUT2D eigenvalue weighted by molar-refractivity contribution is 0.118. The molecule has 4 heteroatoms. The lowest BCUT2D eigenvalue weighted by atomic mass is 9.98. The zero-order valence-electron chi connectivity index (χ0n) is 10.7. The second-order valence-corrected chi connectivity index (χ2v) is 7.46. The van der Waals surface area contributed by atoms with E-state index in [0.29, 0.717) is 6.42 Å². The van der Waals surface area contributed by atoms with E-state index in [9.17, 15) is 13.5 Å². The van der Waals surface area contributed by atoms with Crippen molar-refractivity contribution >= 4 is 9.84 Å². The van der Waals surface area contributed by atoms with Crippen molar-refractivity contribution in [2.45, 2.75) is 32.3 Å². The van der Waals surface area contributed by atoms with Crippen molar-refractivity contribution in [2.24, 2.45) is 5.92 Å². The predicted molar refractivity (Wildman–Crippen MR) is 72.2 cm³/mol. The summed E-state index contributed by atoms with van der Waals surface area (Å²) >= 11 is 0.